The number of rotatable bonds is 4. The van der Waals surface area contributed by atoms with Crippen molar-refractivity contribution in [2.75, 3.05) is 5.73 Å². The largest absolute Gasteiger partial charge is 0.398 e. The highest BCUT2D eigenvalue weighted by Crippen LogP contribution is 2.21. The van der Waals surface area contributed by atoms with E-state index in [4.69, 9.17) is 10.3 Å². The normalized spacial score (nSPS) is 11.1. The lowest BCUT2D eigenvalue weighted by atomic mass is 10.1. The standard InChI is InChI=1S/C14H19N3O/c1-9(2)4-7-13-16-14(17-18-13)11-6-5-10(3)12(15)8-11/h5-6,8-9H,4,7,15H2,1-3H3. The van der Waals surface area contributed by atoms with Gasteiger partial charge in [0.25, 0.3) is 0 Å². The molecule has 0 amide bonds. The van der Waals surface area contributed by atoms with Gasteiger partial charge in [0.2, 0.25) is 11.7 Å². The Bertz CT molecular complexity index is 532. The summed E-state index contributed by atoms with van der Waals surface area (Å²) in [6.07, 6.45) is 1.88. The van der Waals surface area contributed by atoms with Crippen LogP contribution in [0.2, 0.25) is 0 Å². The number of nitrogen functional groups attached to an aromatic ring is 1. The summed E-state index contributed by atoms with van der Waals surface area (Å²) in [5.41, 5.74) is 8.59. The lowest BCUT2D eigenvalue weighted by Crippen LogP contribution is -1.93. The highest BCUT2D eigenvalue weighted by Gasteiger charge is 2.09. The van der Waals surface area contributed by atoms with Gasteiger partial charge in [-0.25, -0.2) is 0 Å². The zero-order valence-electron chi connectivity index (χ0n) is 11.1. The van der Waals surface area contributed by atoms with E-state index in [2.05, 4.69) is 24.0 Å². The summed E-state index contributed by atoms with van der Waals surface area (Å²) in [4.78, 5) is 4.39. The highest BCUT2D eigenvalue weighted by molar-refractivity contribution is 5.63. The fraction of sp³-hybridized carbons (Fsp3) is 0.429. The third-order valence-corrected chi connectivity index (χ3v) is 2.94. The molecule has 0 aliphatic carbocycles. The van der Waals surface area contributed by atoms with Crippen molar-refractivity contribution >= 4 is 5.69 Å². The van der Waals surface area contributed by atoms with Crippen molar-refractivity contribution in [3.05, 3.63) is 29.7 Å². The Kier molecular flexibility index (Phi) is 3.65. The summed E-state index contributed by atoms with van der Waals surface area (Å²) in [6.45, 7) is 6.33. The smallest absolute Gasteiger partial charge is 0.226 e. The van der Waals surface area contributed by atoms with Crippen molar-refractivity contribution in [1.29, 1.82) is 0 Å². The van der Waals surface area contributed by atoms with Crippen LogP contribution in [0.15, 0.2) is 22.7 Å². The van der Waals surface area contributed by atoms with Gasteiger partial charge in [0.1, 0.15) is 0 Å². The van der Waals surface area contributed by atoms with E-state index in [1.54, 1.807) is 0 Å². The average Bonchev–Trinajstić information content (AvgIpc) is 2.79. The van der Waals surface area contributed by atoms with Gasteiger partial charge in [-0.1, -0.05) is 31.1 Å². The summed E-state index contributed by atoms with van der Waals surface area (Å²) in [6, 6.07) is 5.81. The maximum absolute atomic E-state index is 5.88. The van der Waals surface area contributed by atoms with Gasteiger partial charge >= 0.3 is 0 Å². The Balaban J connectivity index is 2.16. The van der Waals surface area contributed by atoms with Crippen LogP contribution in [0.1, 0.15) is 31.7 Å². The van der Waals surface area contributed by atoms with E-state index in [1.807, 2.05) is 25.1 Å². The van der Waals surface area contributed by atoms with E-state index < -0.39 is 0 Å². The molecule has 0 radical (unpaired) electrons. The van der Waals surface area contributed by atoms with Crippen molar-refractivity contribution in [2.45, 2.75) is 33.6 Å². The monoisotopic (exact) mass is 245 g/mol. The number of hydrogen-bond donors (Lipinski definition) is 1. The quantitative estimate of drug-likeness (QED) is 0.840. The van der Waals surface area contributed by atoms with Gasteiger partial charge in [-0.05, 0) is 30.9 Å². The molecule has 0 saturated carbocycles. The summed E-state index contributed by atoms with van der Waals surface area (Å²) >= 11 is 0. The Labute approximate surface area is 107 Å². The van der Waals surface area contributed by atoms with Gasteiger partial charge < -0.3 is 10.3 Å². The van der Waals surface area contributed by atoms with Gasteiger partial charge in [0, 0.05) is 17.7 Å². The lowest BCUT2D eigenvalue weighted by molar-refractivity contribution is 0.368. The van der Waals surface area contributed by atoms with Crippen LogP contribution in [-0.2, 0) is 6.42 Å². The van der Waals surface area contributed by atoms with Gasteiger partial charge in [0.05, 0.1) is 0 Å². The molecule has 2 N–H and O–H groups in total. The number of hydrogen-bond acceptors (Lipinski definition) is 4. The summed E-state index contributed by atoms with van der Waals surface area (Å²) < 4.78 is 5.24. The predicted octanol–water partition coefficient (Wildman–Crippen LogP) is 3.22. The van der Waals surface area contributed by atoms with Crippen LogP contribution in [0.5, 0.6) is 0 Å². The van der Waals surface area contributed by atoms with Crippen LogP contribution < -0.4 is 5.73 Å². The van der Waals surface area contributed by atoms with Crippen molar-refractivity contribution in [2.24, 2.45) is 5.92 Å². The SMILES string of the molecule is Cc1ccc(-c2noc(CCC(C)C)n2)cc1N. The molecule has 18 heavy (non-hydrogen) atoms. The Hall–Kier alpha value is -1.84. The Morgan fingerprint density at radius 3 is 2.78 bits per heavy atom. The fourth-order valence-corrected chi connectivity index (χ4v) is 1.67. The molecule has 0 saturated heterocycles. The molecule has 0 unspecified atom stereocenters. The molecule has 0 fully saturated rings. The summed E-state index contributed by atoms with van der Waals surface area (Å²) in [5, 5.41) is 3.99. The van der Waals surface area contributed by atoms with Crippen LogP contribution in [0.3, 0.4) is 0 Å². The molecule has 96 valence electrons. The van der Waals surface area contributed by atoms with E-state index in [0.29, 0.717) is 17.6 Å². The Morgan fingerprint density at radius 1 is 1.33 bits per heavy atom. The maximum Gasteiger partial charge on any atom is 0.226 e. The summed E-state index contributed by atoms with van der Waals surface area (Å²) in [5.74, 6) is 1.94. The second-order valence-corrected chi connectivity index (χ2v) is 5.02. The molecule has 2 rings (SSSR count). The third kappa shape index (κ3) is 2.88. The number of aryl methyl sites for hydroxylation is 2. The van der Waals surface area contributed by atoms with Crippen LogP contribution in [0.4, 0.5) is 5.69 Å². The average molecular weight is 245 g/mol. The molecule has 0 spiro atoms. The predicted molar refractivity (Wildman–Crippen MR) is 72.0 cm³/mol. The van der Waals surface area contributed by atoms with Crippen molar-refractivity contribution in [1.82, 2.24) is 10.1 Å². The number of nitrogens with two attached hydrogens (primary N) is 1. The molecule has 0 bridgehead atoms. The number of aromatic nitrogens is 2. The minimum atomic E-state index is 0.612. The molecule has 1 aromatic heterocycles. The maximum atomic E-state index is 5.88. The van der Waals surface area contributed by atoms with E-state index in [0.717, 1.165) is 29.7 Å². The van der Waals surface area contributed by atoms with Crippen molar-refractivity contribution < 1.29 is 4.52 Å². The van der Waals surface area contributed by atoms with Gasteiger partial charge in [-0.15, -0.1) is 0 Å². The molecule has 0 aliphatic heterocycles. The number of benzene rings is 1. The lowest BCUT2D eigenvalue weighted by Gasteiger charge is -2.00. The summed E-state index contributed by atoms with van der Waals surface area (Å²) in [7, 11) is 0. The molecule has 0 aliphatic rings. The van der Waals surface area contributed by atoms with Gasteiger partial charge in [0.15, 0.2) is 0 Å². The van der Waals surface area contributed by atoms with E-state index in [-0.39, 0.29) is 0 Å². The molecule has 4 nitrogen and oxygen atoms in total. The molecular weight excluding hydrogens is 226 g/mol. The minimum absolute atomic E-state index is 0.612. The number of nitrogens with zero attached hydrogens (tertiary/aromatic N) is 2. The molecule has 4 heteroatoms. The second kappa shape index (κ2) is 5.21. The fourth-order valence-electron chi connectivity index (χ4n) is 1.67. The Morgan fingerprint density at radius 2 is 2.11 bits per heavy atom. The first-order valence-electron chi connectivity index (χ1n) is 6.25. The molecule has 1 heterocycles. The van der Waals surface area contributed by atoms with Crippen LogP contribution in [-0.4, -0.2) is 10.1 Å². The first kappa shape index (κ1) is 12.6. The van der Waals surface area contributed by atoms with Gasteiger partial charge in [-0.3, -0.25) is 0 Å². The van der Waals surface area contributed by atoms with Gasteiger partial charge in [-0.2, -0.15) is 4.98 Å². The first-order chi connectivity index (χ1) is 8.56. The van der Waals surface area contributed by atoms with Crippen molar-refractivity contribution in [3.8, 4) is 11.4 Å². The first-order valence-corrected chi connectivity index (χ1v) is 6.25. The highest BCUT2D eigenvalue weighted by atomic mass is 16.5. The van der Waals surface area contributed by atoms with Crippen molar-refractivity contribution in [3.63, 3.8) is 0 Å². The van der Waals surface area contributed by atoms with Crippen LogP contribution in [0, 0.1) is 12.8 Å². The van der Waals surface area contributed by atoms with E-state index in [9.17, 15) is 0 Å². The molecule has 1 aromatic carbocycles. The molecule has 2 aromatic rings. The van der Waals surface area contributed by atoms with Crippen LogP contribution >= 0.6 is 0 Å². The third-order valence-electron chi connectivity index (χ3n) is 2.94. The second-order valence-electron chi connectivity index (χ2n) is 5.02. The zero-order valence-corrected chi connectivity index (χ0v) is 11.1. The minimum Gasteiger partial charge on any atom is -0.398 e. The van der Waals surface area contributed by atoms with E-state index in [1.165, 1.54) is 0 Å². The topological polar surface area (TPSA) is 64.9 Å². The number of anilines is 1. The van der Waals surface area contributed by atoms with E-state index >= 15 is 0 Å². The zero-order chi connectivity index (χ0) is 13.1. The molecular formula is C14H19N3O. The molecule has 0 atom stereocenters. The van der Waals surface area contributed by atoms with Crippen LogP contribution in [0.25, 0.3) is 11.4 Å².